The van der Waals surface area contributed by atoms with E-state index >= 15 is 0 Å². The van der Waals surface area contributed by atoms with Crippen molar-refractivity contribution in [3.05, 3.63) is 29.8 Å². The quantitative estimate of drug-likeness (QED) is 0.737. The molecule has 1 heterocycles. The van der Waals surface area contributed by atoms with Gasteiger partial charge in [0.15, 0.2) is 0 Å². The van der Waals surface area contributed by atoms with Gasteiger partial charge in [-0.05, 0) is 24.3 Å². The van der Waals surface area contributed by atoms with E-state index in [9.17, 15) is 9.59 Å². The lowest BCUT2D eigenvalue weighted by molar-refractivity contribution is -0.120. The van der Waals surface area contributed by atoms with Gasteiger partial charge in [-0.2, -0.15) is 0 Å². The largest absolute Gasteiger partial charge is 0.508 e. The topological polar surface area (TPSA) is 69.6 Å². The van der Waals surface area contributed by atoms with Gasteiger partial charge in [-0.25, -0.2) is 0 Å². The standard InChI is InChI=1S/C12H14N2O3/c15-10-3-1-9(2-4-10)12(17)14-7-5-11(16)13-6-8-14/h1-4,15H,5-8H2,(H,13,16). The van der Waals surface area contributed by atoms with Gasteiger partial charge < -0.3 is 15.3 Å². The number of amides is 2. The molecule has 2 amide bonds. The summed E-state index contributed by atoms with van der Waals surface area (Å²) in [5, 5.41) is 11.9. The van der Waals surface area contributed by atoms with Crippen LogP contribution in [0.1, 0.15) is 16.8 Å². The van der Waals surface area contributed by atoms with E-state index in [-0.39, 0.29) is 17.6 Å². The molecule has 0 aromatic heterocycles. The average Bonchev–Trinajstić information content (AvgIpc) is 2.54. The van der Waals surface area contributed by atoms with E-state index < -0.39 is 0 Å². The minimum absolute atomic E-state index is 0.0222. The smallest absolute Gasteiger partial charge is 0.253 e. The van der Waals surface area contributed by atoms with E-state index in [4.69, 9.17) is 5.11 Å². The van der Waals surface area contributed by atoms with Crippen LogP contribution in [0, 0.1) is 0 Å². The maximum absolute atomic E-state index is 12.1. The van der Waals surface area contributed by atoms with Crippen molar-refractivity contribution >= 4 is 11.8 Å². The van der Waals surface area contributed by atoms with Crippen molar-refractivity contribution in [3.8, 4) is 5.75 Å². The molecule has 0 aliphatic carbocycles. The molecule has 1 fully saturated rings. The second-order valence-electron chi connectivity index (χ2n) is 3.94. The zero-order valence-corrected chi connectivity index (χ0v) is 9.35. The molecule has 0 spiro atoms. The number of phenolic OH excluding ortho intramolecular Hbond substituents is 1. The molecule has 90 valence electrons. The molecule has 1 aromatic carbocycles. The van der Waals surface area contributed by atoms with Crippen LogP contribution >= 0.6 is 0 Å². The first-order valence-corrected chi connectivity index (χ1v) is 5.52. The van der Waals surface area contributed by atoms with Crippen molar-refractivity contribution in [3.63, 3.8) is 0 Å². The Labute approximate surface area is 99.0 Å². The summed E-state index contributed by atoms with van der Waals surface area (Å²) in [5.41, 5.74) is 0.525. The number of nitrogens with zero attached hydrogens (tertiary/aromatic N) is 1. The van der Waals surface area contributed by atoms with Crippen molar-refractivity contribution in [2.75, 3.05) is 19.6 Å². The SMILES string of the molecule is O=C1CCN(C(=O)c2ccc(O)cc2)CCN1. The van der Waals surface area contributed by atoms with Gasteiger partial charge in [0.2, 0.25) is 5.91 Å². The average molecular weight is 234 g/mol. The summed E-state index contributed by atoms with van der Waals surface area (Å²) < 4.78 is 0. The highest BCUT2D eigenvalue weighted by Gasteiger charge is 2.19. The van der Waals surface area contributed by atoms with Gasteiger partial charge in [0.25, 0.3) is 5.91 Å². The Morgan fingerprint density at radius 3 is 2.65 bits per heavy atom. The number of hydrogen-bond donors (Lipinski definition) is 2. The summed E-state index contributed by atoms with van der Waals surface area (Å²) in [6, 6.07) is 6.12. The van der Waals surface area contributed by atoms with Gasteiger partial charge >= 0.3 is 0 Å². The first-order valence-electron chi connectivity index (χ1n) is 5.52. The zero-order chi connectivity index (χ0) is 12.3. The number of aromatic hydroxyl groups is 1. The van der Waals surface area contributed by atoms with Crippen molar-refractivity contribution in [1.29, 1.82) is 0 Å². The highest BCUT2D eigenvalue weighted by Crippen LogP contribution is 2.12. The lowest BCUT2D eigenvalue weighted by Crippen LogP contribution is -2.34. The Balaban J connectivity index is 2.08. The van der Waals surface area contributed by atoms with Crippen LogP contribution in [0.3, 0.4) is 0 Å². The zero-order valence-electron chi connectivity index (χ0n) is 9.35. The molecule has 1 aliphatic heterocycles. The maximum atomic E-state index is 12.1. The van der Waals surface area contributed by atoms with Crippen molar-refractivity contribution in [1.82, 2.24) is 10.2 Å². The lowest BCUT2D eigenvalue weighted by Gasteiger charge is -2.19. The Morgan fingerprint density at radius 1 is 1.24 bits per heavy atom. The van der Waals surface area contributed by atoms with Crippen LogP contribution in [-0.2, 0) is 4.79 Å². The molecule has 5 heteroatoms. The second-order valence-corrected chi connectivity index (χ2v) is 3.94. The van der Waals surface area contributed by atoms with E-state index in [0.29, 0.717) is 31.6 Å². The Bertz CT molecular complexity index is 428. The van der Waals surface area contributed by atoms with Gasteiger partial charge in [0.05, 0.1) is 0 Å². The monoisotopic (exact) mass is 234 g/mol. The molecule has 2 rings (SSSR count). The van der Waals surface area contributed by atoms with Gasteiger partial charge in [-0.1, -0.05) is 0 Å². The Hall–Kier alpha value is -2.04. The first-order chi connectivity index (χ1) is 8.16. The van der Waals surface area contributed by atoms with Gasteiger partial charge in [-0.3, -0.25) is 9.59 Å². The fraction of sp³-hybridized carbons (Fsp3) is 0.333. The summed E-state index contributed by atoms with van der Waals surface area (Å²) in [4.78, 5) is 24.9. The molecule has 0 bridgehead atoms. The predicted molar refractivity (Wildman–Crippen MR) is 61.6 cm³/mol. The van der Waals surface area contributed by atoms with Crippen LogP contribution in [0.5, 0.6) is 5.75 Å². The number of carbonyl (C=O) groups is 2. The van der Waals surface area contributed by atoms with Crippen molar-refractivity contribution in [2.45, 2.75) is 6.42 Å². The van der Waals surface area contributed by atoms with Crippen LogP contribution in [0.15, 0.2) is 24.3 Å². The first kappa shape index (κ1) is 11.4. The van der Waals surface area contributed by atoms with Gasteiger partial charge in [0.1, 0.15) is 5.75 Å². The Morgan fingerprint density at radius 2 is 1.94 bits per heavy atom. The Kier molecular flexibility index (Phi) is 3.27. The molecule has 1 aliphatic rings. The molecule has 0 atom stereocenters. The number of nitrogens with one attached hydrogen (secondary N) is 1. The van der Waals surface area contributed by atoms with E-state index in [1.807, 2.05) is 0 Å². The fourth-order valence-electron chi connectivity index (χ4n) is 1.76. The van der Waals surface area contributed by atoms with Crippen LogP contribution in [0.4, 0.5) is 0 Å². The molecule has 5 nitrogen and oxygen atoms in total. The number of hydrogen-bond acceptors (Lipinski definition) is 3. The van der Waals surface area contributed by atoms with Crippen LogP contribution in [-0.4, -0.2) is 41.5 Å². The summed E-state index contributed by atoms with van der Waals surface area (Å²) in [7, 11) is 0. The third-order valence-electron chi connectivity index (χ3n) is 2.71. The van der Waals surface area contributed by atoms with Crippen molar-refractivity contribution < 1.29 is 14.7 Å². The van der Waals surface area contributed by atoms with Gasteiger partial charge in [0, 0.05) is 31.6 Å². The lowest BCUT2D eigenvalue weighted by atomic mass is 10.2. The third kappa shape index (κ3) is 2.75. The number of carbonyl (C=O) groups excluding carboxylic acids is 2. The van der Waals surface area contributed by atoms with E-state index in [1.165, 1.54) is 12.1 Å². The van der Waals surface area contributed by atoms with Crippen molar-refractivity contribution in [2.24, 2.45) is 0 Å². The minimum atomic E-state index is -0.110. The molecule has 2 N–H and O–H groups in total. The molecular weight excluding hydrogens is 220 g/mol. The van der Waals surface area contributed by atoms with E-state index in [1.54, 1.807) is 17.0 Å². The highest BCUT2D eigenvalue weighted by molar-refractivity contribution is 5.94. The molecular formula is C12H14N2O3. The summed E-state index contributed by atoms with van der Waals surface area (Å²) in [6.45, 7) is 1.44. The molecule has 0 saturated carbocycles. The molecule has 17 heavy (non-hydrogen) atoms. The number of phenols is 1. The van der Waals surface area contributed by atoms with Crippen LogP contribution in [0.2, 0.25) is 0 Å². The van der Waals surface area contributed by atoms with Crippen LogP contribution in [0.25, 0.3) is 0 Å². The minimum Gasteiger partial charge on any atom is -0.508 e. The summed E-state index contributed by atoms with van der Waals surface area (Å²) in [5.74, 6) is 0.00164. The molecule has 0 radical (unpaired) electrons. The second kappa shape index (κ2) is 4.86. The molecule has 1 aromatic rings. The fourth-order valence-corrected chi connectivity index (χ4v) is 1.76. The predicted octanol–water partition coefficient (Wildman–Crippen LogP) is 0.354. The molecule has 1 saturated heterocycles. The normalized spacial score (nSPS) is 16.2. The van der Waals surface area contributed by atoms with Gasteiger partial charge in [-0.15, -0.1) is 0 Å². The van der Waals surface area contributed by atoms with Crippen LogP contribution < -0.4 is 5.32 Å². The van der Waals surface area contributed by atoms with E-state index in [0.717, 1.165) is 0 Å². The maximum Gasteiger partial charge on any atom is 0.253 e. The summed E-state index contributed by atoms with van der Waals surface area (Å²) in [6.07, 6.45) is 0.337. The molecule has 0 unspecified atom stereocenters. The highest BCUT2D eigenvalue weighted by atomic mass is 16.3. The van der Waals surface area contributed by atoms with E-state index in [2.05, 4.69) is 5.32 Å². The number of rotatable bonds is 1. The number of benzene rings is 1. The third-order valence-corrected chi connectivity index (χ3v) is 2.71. The summed E-state index contributed by atoms with van der Waals surface area (Å²) >= 11 is 0.